The summed E-state index contributed by atoms with van der Waals surface area (Å²) in [5.41, 5.74) is 0.955. The molecule has 44 heavy (non-hydrogen) atoms. The monoisotopic (exact) mass is 608 g/mol. The second-order valence-electron chi connectivity index (χ2n) is 12.4. The van der Waals surface area contributed by atoms with Gasteiger partial charge in [-0.15, -0.1) is 0 Å². The number of carbonyl (C=O) groups excluding carboxylic acids is 2. The number of methoxy groups -OCH3 is 4. The third-order valence-electron chi connectivity index (χ3n) is 10.1. The molecule has 0 unspecified atom stereocenters. The number of benzene rings is 2. The number of hydrogen-bond donors (Lipinski definition) is 0. The van der Waals surface area contributed by atoms with Gasteiger partial charge in [0.15, 0.2) is 23.0 Å². The highest BCUT2D eigenvalue weighted by atomic mass is 16.6. The summed E-state index contributed by atoms with van der Waals surface area (Å²) >= 11 is 0. The molecule has 4 heterocycles. The van der Waals surface area contributed by atoms with E-state index in [-0.39, 0.29) is 24.1 Å². The van der Waals surface area contributed by atoms with Crippen LogP contribution in [-0.2, 0) is 9.47 Å². The maximum Gasteiger partial charge on any atom is 0.338 e. The Morgan fingerprint density at radius 1 is 0.568 bits per heavy atom. The molecule has 6 rings (SSSR count). The van der Waals surface area contributed by atoms with Gasteiger partial charge in [0.25, 0.3) is 0 Å². The lowest BCUT2D eigenvalue weighted by Crippen LogP contribution is -2.52. The Morgan fingerprint density at radius 2 is 0.909 bits per heavy atom. The summed E-state index contributed by atoms with van der Waals surface area (Å²) in [4.78, 5) is 31.2. The topological polar surface area (TPSA) is 96.0 Å². The maximum atomic E-state index is 13.0. The van der Waals surface area contributed by atoms with E-state index in [2.05, 4.69) is 9.80 Å². The quantitative estimate of drug-likeness (QED) is 0.333. The second-order valence-corrected chi connectivity index (χ2v) is 12.4. The molecule has 10 nitrogen and oxygen atoms in total. The Labute approximate surface area is 259 Å². The molecule has 0 spiro atoms. The van der Waals surface area contributed by atoms with Crippen LogP contribution in [-0.4, -0.2) is 99.6 Å². The number of nitrogens with zero attached hydrogens (tertiary/aromatic N) is 2. The van der Waals surface area contributed by atoms with Gasteiger partial charge in [-0.1, -0.05) is 0 Å². The second kappa shape index (κ2) is 13.2. The summed E-state index contributed by atoms with van der Waals surface area (Å²) < 4.78 is 33.3. The number of rotatable bonds is 11. The first-order chi connectivity index (χ1) is 21.4. The Morgan fingerprint density at radius 3 is 1.23 bits per heavy atom. The van der Waals surface area contributed by atoms with Crippen LogP contribution in [0, 0.1) is 0 Å². The number of carbonyl (C=O) groups is 2. The largest absolute Gasteiger partial charge is 0.493 e. The fraction of sp³-hybridized carbons (Fsp3) is 0.588. The standard InChI is InChI=1S/C34H44N2O8/c1-39-29-11-5-21(15-31(29)41-3)33(37)43-27-17-23-7-8-24(18-27)35(23)13-14-36-25-9-10-26(36)20-28(19-25)44-34(38)22-6-12-30(40-2)32(16-22)42-4/h5-6,11-12,15-16,23-28H,7-10,13-14,17-20H2,1-4H3/t23-,24-,25-,26-/m0/s1. The maximum absolute atomic E-state index is 13.0. The Hall–Kier alpha value is -3.50. The molecule has 0 aliphatic carbocycles. The van der Waals surface area contributed by atoms with E-state index in [1.165, 1.54) is 0 Å². The van der Waals surface area contributed by atoms with Gasteiger partial charge in [-0.3, -0.25) is 9.80 Å². The average molecular weight is 609 g/mol. The van der Waals surface area contributed by atoms with Crippen molar-refractivity contribution in [2.45, 2.75) is 87.7 Å². The van der Waals surface area contributed by atoms with Crippen molar-refractivity contribution < 1.29 is 38.0 Å². The van der Waals surface area contributed by atoms with E-state index in [4.69, 9.17) is 28.4 Å². The van der Waals surface area contributed by atoms with Crippen LogP contribution in [0.25, 0.3) is 0 Å². The van der Waals surface area contributed by atoms with Gasteiger partial charge in [0.2, 0.25) is 0 Å². The summed E-state index contributed by atoms with van der Waals surface area (Å²) in [6.07, 6.45) is 7.94. The fourth-order valence-corrected chi connectivity index (χ4v) is 7.97. The van der Waals surface area contributed by atoms with Gasteiger partial charge in [0.05, 0.1) is 39.6 Å². The van der Waals surface area contributed by atoms with Crippen LogP contribution < -0.4 is 18.9 Å². The van der Waals surface area contributed by atoms with Crippen molar-refractivity contribution in [3.63, 3.8) is 0 Å². The van der Waals surface area contributed by atoms with Crippen molar-refractivity contribution in [2.75, 3.05) is 41.5 Å². The fourth-order valence-electron chi connectivity index (χ4n) is 7.97. The molecular formula is C34H44N2O8. The number of hydrogen-bond acceptors (Lipinski definition) is 10. The lowest BCUT2D eigenvalue weighted by atomic mass is 9.98. The third kappa shape index (κ3) is 6.19. The minimum Gasteiger partial charge on any atom is -0.493 e. The number of esters is 2. The van der Waals surface area contributed by atoms with Crippen molar-refractivity contribution in [1.82, 2.24) is 9.80 Å². The van der Waals surface area contributed by atoms with Crippen LogP contribution >= 0.6 is 0 Å². The molecule has 2 aromatic rings. The van der Waals surface area contributed by atoms with Crippen molar-refractivity contribution in [3.05, 3.63) is 47.5 Å². The Balaban J connectivity index is 0.990. The number of fused-ring (bicyclic) bond motifs is 4. The summed E-state index contributed by atoms with van der Waals surface area (Å²) in [5, 5.41) is 0. The summed E-state index contributed by atoms with van der Waals surface area (Å²) in [5.74, 6) is 1.59. The van der Waals surface area contributed by atoms with Crippen molar-refractivity contribution in [1.29, 1.82) is 0 Å². The molecule has 4 aliphatic rings. The van der Waals surface area contributed by atoms with Gasteiger partial charge in [0.1, 0.15) is 12.2 Å². The normalized spacial score (nSPS) is 27.9. The third-order valence-corrected chi connectivity index (χ3v) is 10.1. The molecule has 0 amide bonds. The van der Waals surface area contributed by atoms with E-state index >= 15 is 0 Å². The molecular weight excluding hydrogens is 564 g/mol. The predicted octanol–water partition coefficient (Wildman–Crippen LogP) is 4.73. The van der Waals surface area contributed by atoms with E-state index in [1.54, 1.807) is 64.8 Å². The first-order valence-electron chi connectivity index (χ1n) is 15.8. The highest BCUT2D eigenvalue weighted by molar-refractivity contribution is 5.91. The number of piperidine rings is 2. The molecule has 4 aliphatic heterocycles. The minimum absolute atomic E-state index is 0.0726. The summed E-state index contributed by atoms with van der Waals surface area (Å²) in [6.45, 7) is 2.05. The van der Waals surface area contributed by atoms with Gasteiger partial charge in [-0.05, 0) is 62.1 Å². The van der Waals surface area contributed by atoms with E-state index < -0.39 is 0 Å². The molecule has 4 fully saturated rings. The van der Waals surface area contributed by atoms with E-state index in [0.717, 1.165) is 64.5 Å². The molecule has 238 valence electrons. The van der Waals surface area contributed by atoms with E-state index in [0.29, 0.717) is 58.3 Å². The van der Waals surface area contributed by atoms with Gasteiger partial charge < -0.3 is 28.4 Å². The smallest absolute Gasteiger partial charge is 0.338 e. The summed E-state index contributed by atoms with van der Waals surface area (Å²) in [7, 11) is 6.27. The van der Waals surface area contributed by atoms with Crippen LogP contribution in [0.4, 0.5) is 0 Å². The van der Waals surface area contributed by atoms with E-state index in [9.17, 15) is 9.59 Å². The van der Waals surface area contributed by atoms with Crippen molar-refractivity contribution >= 4 is 11.9 Å². The zero-order valence-electron chi connectivity index (χ0n) is 26.2. The first kappa shape index (κ1) is 30.5. The zero-order chi connectivity index (χ0) is 30.8. The zero-order valence-corrected chi connectivity index (χ0v) is 26.2. The average Bonchev–Trinajstić information content (AvgIpc) is 3.43. The predicted molar refractivity (Wildman–Crippen MR) is 163 cm³/mol. The molecule has 0 N–H and O–H groups in total. The van der Waals surface area contributed by atoms with E-state index in [1.807, 2.05) is 0 Å². The molecule has 0 saturated carbocycles. The molecule has 4 bridgehead atoms. The molecule has 10 heteroatoms. The highest BCUT2D eigenvalue weighted by Crippen LogP contribution is 2.40. The Kier molecular flexibility index (Phi) is 9.18. The molecule has 0 radical (unpaired) electrons. The lowest BCUT2D eigenvalue weighted by molar-refractivity contribution is -0.0211. The minimum atomic E-state index is -0.310. The van der Waals surface area contributed by atoms with Crippen molar-refractivity contribution in [2.24, 2.45) is 0 Å². The lowest BCUT2D eigenvalue weighted by Gasteiger charge is -2.42. The van der Waals surface area contributed by atoms with Gasteiger partial charge in [-0.2, -0.15) is 0 Å². The SMILES string of the molecule is COc1ccc(C(=O)OC2C[C@@H]3CC[C@@H](C2)N3CCN2[C@H]3CC[C@H]2CC(OC(=O)c2ccc(OC)c(OC)c2)C3)cc1OC. The summed E-state index contributed by atoms with van der Waals surface area (Å²) in [6, 6.07) is 12.0. The van der Waals surface area contributed by atoms with Gasteiger partial charge in [-0.25, -0.2) is 9.59 Å². The molecule has 0 aromatic heterocycles. The van der Waals surface area contributed by atoms with Crippen molar-refractivity contribution in [3.8, 4) is 23.0 Å². The molecule has 2 aromatic carbocycles. The van der Waals surface area contributed by atoms with Crippen LogP contribution in [0.5, 0.6) is 23.0 Å². The van der Waals surface area contributed by atoms with Crippen LogP contribution in [0.3, 0.4) is 0 Å². The molecule has 4 atom stereocenters. The molecule has 4 saturated heterocycles. The van der Waals surface area contributed by atoms with Gasteiger partial charge >= 0.3 is 11.9 Å². The first-order valence-corrected chi connectivity index (χ1v) is 15.8. The highest BCUT2D eigenvalue weighted by Gasteiger charge is 2.45. The number of ether oxygens (including phenoxy) is 6. The van der Waals surface area contributed by atoms with Crippen LogP contribution in [0.2, 0.25) is 0 Å². The van der Waals surface area contributed by atoms with Gasteiger partial charge in [0, 0.05) is 62.9 Å². The Bertz CT molecular complexity index is 1220. The van der Waals surface area contributed by atoms with Crippen LogP contribution in [0.15, 0.2) is 36.4 Å². The van der Waals surface area contributed by atoms with Crippen LogP contribution in [0.1, 0.15) is 72.1 Å².